The highest BCUT2D eigenvalue weighted by atomic mass is 19.4. The number of aromatic nitrogens is 2. The van der Waals surface area contributed by atoms with Gasteiger partial charge in [-0.15, -0.1) is 10.2 Å². The molecule has 0 amide bonds. The molecule has 0 fully saturated rings. The fraction of sp³-hybridized carbons (Fsp3) is 0.625. The van der Waals surface area contributed by atoms with E-state index in [1.54, 1.807) is 0 Å². The highest BCUT2D eigenvalue weighted by Gasteiger charge is 2.27. The van der Waals surface area contributed by atoms with Gasteiger partial charge < -0.3 is 9.52 Å². The van der Waals surface area contributed by atoms with Gasteiger partial charge in [0.2, 0.25) is 11.8 Å². The summed E-state index contributed by atoms with van der Waals surface area (Å²) in [6.45, 7) is 0. The Bertz CT molecular complexity index is 362. The summed E-state index contributed by atoms with van der Waals surface area (Å²) in [4.78, 5) is 10.2. The van der Waals surface area contributed by atoms with E-state index in [0.717, 1.165) is 0 Å². The maximum absolute atomic E-state index is 11.8. The quantitative estimate of drug-likeness (QED) is 0.842. The average Bonchev–Trinajstić information content (AvgIpc) is 2.58. The molecule has 1 aromatic rings. The summed E-state index contributed by atoms with van der Waals surface area (Å²) in [7, 11) is 0. The van der Waals surface area contributed by atoms with Crippen LogP contribution in [0.25, 0.3) is 0 Å². The molecule has 0 radical (unpaired) electrons. The second kappa shape index (κ2) is 4.95. The molecule has 0 aromatic carbocycles. The number of carboxylic acids is 1. The predicted molar refractivity (Wildman–Crippen MR) is 44.6 cm³/mol. The molecule has 0 unspecified atom stereocenters. The van der Waals surface area contributed by atoms with Gasteiger partial charge in [-0.1, -0.05) is 0 Å². The van der Waals surface area contributed by atoms with Crippen LogP contribution in [0.4, 0.5) is 13.2 Å². The SMILES string of the molecule is O=C(O)CCc1nnc(CCC(F)(F)F)o1. The number of halogens is 3. The van der Waals surface area contributed by atoms with Crippen molar-refractivity contribution in [2.45, 2.75) is 31.9 Å². The van der Waals surface area contributed by atoms with Crippen molar-refractivity contribution in [3.8, 4) is 0 Å². The number of hydrogen-bond acceptors (Lipinski definition) is 4. The minimum Gasteiger partial charge on any atom is -0.481 e. The Morgan fingerprint density at radius 1 is 1.25 bits per heavy atom. The Hall–Kier alpha value is -1.60. The summed E-state index contributed by atoms with van der Waals surface area (Å²) in [6.07, 6.45) is -5.86. The van der Waals surface area contributed by atoms with Crippen molar-refractivity contribution >= 4 is 5.97 Å². The Morgan fingerprint density at radius 2 is 1.81 bits per heavy atom. The van der Waals surface area contributed by atoms with Crippen LogP contribution in [0, 0.1) is 0 Å². The molecule has 0 aliphatic carbocycles. The molecule has 0 bridgehead atoms. The lowest BCUT2D eigenvalue weighted by Gasteiger charge is -2.01. The third-order valence-electron chi connectivity index (χ3n) is 1.68. The first-order chi connectivity index (χ1) is 7.37. The van der Waals surface area contributed by atoms with Crippen LogP contribution in [0.15, 0.2) is 4.42 Å². The molecule has 8 heteroatoms. The van der Waals surface area contributed by atoms with Gasteiger partial charge in [0.05, 0.1) is 12.8 Å². The molecule has 90 valence electrons. The zero-order valence-electron chi connectivity index (χ0n) is 8.12. The van der Waals surface area contributed by atoms with Crippen molar-refractivity contribution in [1.29, 1.82) is 0 Å². The second-order valence-corrected chi connectivity index (χ2v) is 3.10. The van der Waals surface area contributed by atoms with E-state index < -0.39 is 18.6 Å². The Kier molecular flexibility index (Phi) is 3.86. The molecule has 1 N–H and O–H groups in total. The van der Waals surface area contributed by atoms with Crippen LogP contribution in [0.5, 0.6) is 0 Å². The van der Waals surface area contributed by atoms with Crippen molar-refractivity contribution in [2.75, 3.05) is 0 Å². The van der Waals surface area contributed by atoms with Crippen molar-refractivity contribution in [3.63, 3.8) is 0 Å². The summed E-state index contributed by atoms with van der Waals surface area (Å²) >= 11 is 0. The molecule has 0 saturated heterocycles. The largest absolute Gasteiger partial charge is 0.481 e. The molecule has 0 atom stereocenters. The molecule has 0 aliphatic heterocycles. The normalized spacial score (nSPS) is 11.7. The van der Waals surface area contributed by atoms with Crippen LogP contribution < -0.4 is 0 Å². The zero-order chi connectivity index (χ0) is 12.2. The third-order valence-corrected chi connectivity index (χ3v) is 1.68. The summed E-state index contributed by atoms with van der Waals surface area (Å²) in [5.74, 6) is -1.12. The second-order valence-electron chi connectivity index (χ2n) is 3.10. The number of rotatable bonds is 5. The number of alkyl halides is 3. The molecule has 0 aliphatic rings. The summed E-state index contributed by atoms with van der Waals surface area (Å²) in [6, 6.07) is 0. The van der Waals surface area contributed by atoms with E-state index >= 15 is 0 Å². The first-order valence-corrected chi connectivity index (χ1v) is 4.46. The average molecular weight is 238 g/mol. The monoisotopic (exact) mass is 238 g/mol. The molecule has 5 nitrogen and oxygen atoms in total. The van der Waals surface area contributed by atoms with Gasteiger partial charge in [-0.3, -0.25) is 4.79 Å². The van der Waals surface area contributed by atoms with Crippen LogP contribution in [0.3, 0.4) is 0 Å². The van der Waals surface area contributed by atoms with Crippen LogP contribution in [0.2, 0.25) is 0 Å². The lowest BCUT2D eigenvalue weighted by atomic mass is 10.3. The molecular weight excluding hydrogens is 229 g/mol. The van der Waals surface area contributed by atoms with E-state index in [2.05, 4.69) is 10.2 Å². The Balaban J connectivity index is 2.42. The number of hydrogen-bond donors (Lipinski definition) is 1. The van der Waals surface area contributed by atoms with Crippen molar-refractivity contribution in [1.82, 2.24) is 10.2 Å². The Morgan fingerprint density at radius 3 is 2.31 bits per heavy atom. The van der Waals surface area contributed by atoms with Gasteiger partial charge in [0.25, 0.3) is 0 Å². The number of carboxylic acid groups (broad SMARTS) is 1. The highest BCUT2D eigenvalue weighted by Crippen LogP contribution is 2.21. The topological polar surface area (TPSA) is 76.2 Å². The van der Waals surface area contributed by atoms with E-state index in [9.17, 15) is 18.0 Å². The summed E-state index contributed by atoms with van der Waals surface area (Å²) < 4.78 is 40.3. The minimum atomic E-state index is -4.27. The summed E-state index contributed by atoms with van der Waals surface area (Å²) in [5, 5.41) is 15.2. The van der Waals surface area contributed by atoms with E-state index in [1.165, 1.54) is 0 Å². The van der Waals surface area contributed by atoms with Crippen molar-refractivity contribution < 1.29 is 27.5 Å². The first kappa shape index (κ1) is 12.5. The zero-order valence-corrected chi connectivity index (χ0v) is 8.12. The lowest BCUT2D eigenvalue weighted by Crippen LogP contribution is -2.08. The minimum absolute atomic E-state index is 0.0222. The third kappa shape index (κ3) is 4.76. The standard InChI is InChI=1S/C8H9F3N2O3/c9-8(10,11)4-3-6-13-12-5(16-6)1-2-7(14)15/h1-4H2,(H,14,15). The molecule has 0 spiro atoms. The van der Waals surface area contributed by atoms with Crippen LogP contribution in [-0.4, -0.2) is 27.4 Å². The van der Waals surface area contributed by atoms with Gasteiger partial charge in [0.15, 0.2) is 0 Å². The number of nitrogens with zero attached hydrogens (tertiary/aromatic N) is 2. The van der Waals surface area contributed by atoms with E-state index in [0.29, 0.717) is 0 Å². The molecule has 1 rings (SSSR count). The maximum Gasteiger partial charge on any atom is 0.389 e. The van der Waals surface area contributed by atoms with E-state index in [-0.39, 0.29) is 31.0 Å². The van der Waals surface area contributed by atoms with Crippen molar-refractivity contribution in [2.24, 2.45) is 0 Å². The van der Waals surface area contributed by atoms with E-state index in [4.69, 9.17) is 9.52 Å². The summed E-state index contributed by atoms with van der Waals surface area (Å²) in [5.41, 5.74) is 0. The van der Waals surface area contributed by atoms with Crippen LogP contribution in [0.1, 0.15) is 24.6 Å². The highest BCUT2D eigenvalue weighted by molar-refractivity contribution is 5.66. The van der Waals surface area contributed by atoms with Gasteiger partial charge in [0.1, 0.15) is 0 Å². The van der Waals surface area contributed by atoms with Crippen LogP contribution in [-0.2, 0) is 17.6 Å². The fourth-order valence-corrected chi connectivity index (χ4v) is 0.953. The van der Waals surface area contributed by atoms with Crippen LogP contribution >= 0.6 is 0 Å². The number of carbonyl (C=O) groups is 1. The lowest BCUT2D eigenvalue weighted by molar-refractivity contribution is -0.137. The number of aryl methyl sites for hydroxylation is 2. The molecule has 16 heavy (non-hydrogen) atoms. The molecular formula is C8H9F3N2O3. The molecule has 0 saturated carbocycles. The molecule has 1 heterocycles. The van der Waals surface area contributed by atoms with Gasteiger partial charge in [-0.2, -0.15) is 13.2 Å². The van der Waals surface area contributed by atoms with Gasteiger partial charge in [-0.25, -0.2) is 0 Å². The maximum atomic E-state index is 11.8. The van der Waals surface area contributed by atoms with Gasteiger partial charge in [0, 0.05) is 12.8 Å². The smallest absolute Gasteiger partial charge is 0.389 e. The first-order valence-electron chi connectivity index (χ1n) is 4.46. The Labute approximate surface area is 88.3 Å². The molecule has 1 aromatic heterocycles. The van der Waals surface area contributed by atoms with Crippen molar-refractivity contribution in [3.05, 3.63) is 11.8 Å². The van der Waals surface area contributed by atoms with Gasteiger partial charge >= 0.3 is 12.1 Å². The van der Waals surface area contributed by atoms with E-state index in [1.807, 2.05) is 0 Å². The van der Waals surface area contributed by atoms with Gasteiger partial charge in [-0.05, 0) is 0 Å². The number of aliphatic carboxylic acids is 1. The fourth-order valence-electron chi connectivity index (χ4n) is 0.953. The predicted octanol–water partition coefficient (Wildman–Crippen LogP) is 1.58.